The van der Waals surface area contributed by atoms with Gasteiger partial charge in [0.1, 0.15) is 0 Å². The maximum atomic E-state index is 11.9. The summed E-state index contributed by atoms with van der Waals surface area (Å²) in [4.78, 5) is 22.4. The van der Waals surface area contributed by atoms with Gasteiger partial charge in [0.2, 0.25) is 0 Å². The third-order valence-corrected chi connectivity index (χ3v) is 3.34. The molecule has 0 saturated heterocycles. The minimum absolute atomic E-state index is 0.0330. The van der Waals surface area contributed by atoms with Crippen LogP contribution in [-0.4, -0.2) is 9.49 Å². The Morgan fingerprint density at radius 1 is 1.15 bits per heavy atom. The van der Waals surface area contributed by atoms with Crippen molar-refractivity contribution in [2.24, 2.45) is 0 Å². The topological polar surface area (TPSA) is 65.1 Å². The molecule has 0 N–H and O–H groups in total. The molecule has 0 aliphatic carbocycles. The van der Waals surface area contributed by atoms with E-state index in [1.807, 2.05) is 32.0 Å². The molecule has 0 bridgehead atoms. The molecule has 0 radical (unpaired) electrons. The predicted molar refractivity (Wildman–Crippen MR) is 77.1 cm³/mol. The molecule has 0 aliphatic rings. The van der Waals surface area contributed by atoms with Gasteiger partial charge in [-0.15, -0.1) is 0 Å². The van der Waals surface area contributed by atoms with E-state index in [2.05, 4.69) is 0 Å². The SMILES string of the molecule is Cc1ccc(Cn2cc([N+](=O)[O-])c(C)cc2=O)c(C)c1. The quantitative estimate of drug-likeness (QED) is 0.637. The third kappa shape index (κ3) is 2.77. The van der Waals surface area contributed by atoms with E-state index in [1.54, 1.807) is 6.92 Å². The summed E-state index contributed by atoms with van der Waals surface area (Å²) in [6.07, 6.45) is 1.32. The molecule has 5 heteroatoms. The largest absolute Gasteiger partial charge is 0.304 e. The monoisotopic (exact) mass is 272 g/mol. The van der Waals surface area contributed by atoms with Crippen LogP contribution in [0.2, 0.25) is 0 Å². The van der Waals surface area contributed by atoms with Gasteiger partial charge in [-0.3, -0.25) is 14.9 Å². The van der Waals surface area contributed by atoms with E-state index in [4.69, 9.17) is 0 Å². The van der Waals surface area contributed by atoms with Gasteiger partial charge >= 0.3 is 0 Å². The van der Waals surface area contributed by atoms with Crippen LogP contribution in [0.15, 0.2) is 35.3 Å². The zero-order chi connectivity index (χ0) is 14.9. The van der Waals surface area contributed by atoms with Crippen LogP contribution in [0.5, 0.6) is 0 Å². The lowest BCUT2D eigenvalue weighted by Crippen LogP contribution is -2.21. The van der Waals surface area contributed by atoms with Crippen LogP contribution in [0.4, 0.5) is 5.69 Å². The van der Waals surface area contributed by atoms with Crippen molar-refractivity contribution in [1.82, 2.24) is 4.57 Å². The highest BCUT2D eigenvalue weighted by atomic mass is 16.6. The number of aryl methyl sites for hydroxylation is 3. The molecule has 0 unspecified atom stereocenters. The van der Waals surface area contributed by atoms with Gasteiger partial charge in [-0.1, -0.05) is 23.8 Å². The third-order valence-electron chi connectivity index (χ3n) is 3.34. The molecule has 0 spiro atoms. The first-order valence-corrected chi connectivity index (χ1v) is 6.30. The van der Waals surface area contributed by atoms with E-state index in [9.17, 15) is 14.9 Å². The standard InChI is InChI=1S/C15H16N2O3/c1-10-4-5-13(11(2)6-10)8-16-9-14(17(19)20)12(3)7-15(16)18/h4-7,9H,8H2,1-3H3. The summed E-state index contributed by atoms with van der Waals surface area (Å²) in [7, 11) is 0. The van der Waals surface area contributed by atoms with Crippen molar-refractivity contribution in [3.8, 4) is 0 Å². The van der Waals surface area contributed by atoms with Gasteiger partial charge in [-0.2, -0.15) is 0 Å². The molecule has 0 atom stereocenters. The Balaban J connectivity index is 2.46. The first kappa shape index (κ1) is 14.0. The molecule has 1 heterocycles. The van der Waals surface area contributed by atoms with Gasteiger partial charge in [0, 0.05) is 11.6 Å². The number of nitrogens with zero attached hydrogens (tertiary/aromatic N) is 2. The summed E-state index contributed by atoms with van der Waals surface area (Å²) in [6.45, 7) is 5.88. The zero-order valence-electron chi connectivity index (χ0n) is 11.7. The van der Waals surface area contributed by atoms with Crippen molar-refractivity contribution in [1.29, 1.82) is 0 Å². The summed E-state index contributed by atoms with van der Waals surface area (Å²) >= 11 is 0. The number of hydrogen-bond donors (Lipinski definition) is 0. The molecular weight excluding hydrogens is 256 g/mol. The summed E-state index contributed by atoms with van der Waals surface area (Å²) in [5.41, 5.74) is 3.32. The molecule has 0 amide bonds. The van der Waals surface area contributed by atoms with E-state index in [0.717, 1.165) is 16.7 Å². The Hall–Kier alpha value is -2.43. The average molecular weight is 272 g/mol. The number of rotatable bonds is 3. The van der Waals surface area contributed by atoms with Crippen LogP contribution in [0.1, 0.15) is 22.3 Å². The normalized spacial score (nSPS) is 10.6. The molecule has 20 heavy (non-hydrogen) atoms. The maximum absolute atomic E-state index is 11.9. The summed E-state index contributed by atoms with van der Waals surface area (Å²) in [5.74, 6) is 0. The van der Waals surface area contributed by atoms with Crippen molar-refractivity contribution in [3.05, 3.63) is 73.2 Å². The van der Waals surface area contributed by atoms with E-state index in [1.165, 1.54) is 16.8 Å². The van der Waals surface area contributed by atoms with Gasteiger partial charge < -0.3 is 4.57 Å². The molecule has 0 aliphatic heterocycles. The second-order valence-corrected chi connectivity index (χ2v) is 4.99. The van der Waals surface area contributed by atoms with Crippen molar-refractivity contribution in [2.45, 2.75) is 27.3 Å². The molecule has 2 aromatic rings. The average Bonchev–Trinajstić information content (AvgIpc) is 2.35. The molecule has 1 aromatic heterocycles. The molecule has 0 fully saturated rings. The van der Waals surface area contributed by atoms with E-state index >= 15 is 0 Å². The number of aromatic nitrogens is 1. The minimum atomic E-state index is -0.465. The highest BCUT2D eigenvalue weighted by Gasteiger charge is 2.13. The van der Waals surface area contributed by atoms with E-state index in [0.29, 0.717) is 12.1 Å². The minimum Gasteiger partial charge on any atom is -0.304 e. The summed E-state index contributed by atoms with van der Waals surface area (Å²) in [5, 5.41) is 10.9. The molecule has 1 aromatic carbocycles. The lowest BCUT2D eigenvalue weighted by Gasteiger charge is -2.10. The van der Waals surface area contributed by atoms with Crippen molar-refractivity contribution in [3.63, 3.8) is 0 Å². The second-order valence-electron chi connectivity index (χ2n) is 4.99. The maximum Gasteiger partial charge on any atom is 0.288 e. The number of benzene rings is 1. The second kappa shape index (κ2) is 5.28. The Morgan fingerprint density at radius 3 is 2.45 bits per heavy atom. The molecule has 2 rings (SSSR count). The Bertz CT molecular complexity index is 732. The zero-order valence-corrected chi connectivity index (χ0v) is 11.7. The fourth-order valence-electron chi connectivity index (χ4n) is 2.18. The molecule has 0 saturated carbocycles. The first-order chi connectivity index (χ1) is 9.38. The van der Waals surface area contributed by atoms with Gasteiger partial charge in [0.25, 0.3) is 11.2 Å². The summed E-state index contributed by atoms with van der Waals surface area (Å²) in [6, 6.07) is 7.25. The van der Waals surface area contributed by atoms with E-state index < -0.39 is 4.92 Å². The predicted octanol–water partition coefficient (Wildman–Crippen LogP) is 2.73. The number of nitro groups is 1. The fourth-order valence-corrected chi connectivity index (χ4v) is 2.18. The number of pyridine rings is 1. The van der Waals surface area contributed by atoms with Crippen molar-refractivity contribution >= 4 is 5.69 Å². The fraction of sp³-hybridized carbons (Fsp3) is 0.267. The summed E-state index contributed by atoms with van der Waals surface area (Å²) < 4.78 is 1.38. The highest BCUT2D eigenvalue weighted by molar-refractivity contribution is 5.37. The van der Waals surface area contributed by atoms with Crippen LogP contribution in [-0.2, 0) is 6.54 Å². The molecule has 5 nitrogen and oxygen atoms in total. The van der Waals surface area contributed by atoms with Crippen LogP contribution in [0, 0.1) is 30.9 Å². The molecule has 104 valence electrons. The van der Waals surface area contributed by atoms with Gasteiger partial charge in [-0.25, -0.2) is 0 Å². The van der Waals surface area contributed by atoms with Crippen LogP contribution >= 0.6 is 0 Å². The lowest BCUT2D eigenvalue weighted by molar-refractivity contribution is -0.385. The van der Waals surface area contributed by atoms with Crippen molar-refractivity contribution < 1.29 is 4.92 Å². The number of hydrogen-bond acceptors (Lipinski definition) is 3. The Morgan fingerprint density at radius 2 is 1.85 bits per heavy atom. The van der Waals surface area contributed by atoms with Crippen LogP contribution in [0.25, 0.3) is 0 Å². The van der Waals surface area contributed by atoms with Gasteiger partial charge in [0.15, 0.2) is 0 Å². The van der Waals surface area contributed by atoms with Gasteiger partial charge in [-0.05, 0) is 31.9 Å². The molecular formula is C15H16N2O3. The smallest absolute Gasteiger partial charge is 0.288 e. The van der Waals surface area contributed by atoms with E-state index in [-0.39, 0.29) is 11.2 Å². The lowest BCUT2D eigenvalue weighted by atomic mass is 10.1. The van der Waals surface area contributed by atoms with Crippen LogP contribution < -0.4 is 5.56 Å². The first-order valence-electron chi connectivity index (χ1n) is 6.30. The Labute approximate surface area is 116 Å². The highest BCUT2D eigenvalue weighted by Crippen LogP contribution is 2.16. The van der Waals surface area contributed by atoms with Gasteiger partial charge in [0.05, 0.1) is 17.7 Å². The Kier molecular flexibility index (Phi) is 3.70. The van der Waals surface area contributed by atoms with Crippen molar-refractivity contribution in [2.75, 3.05) is 0 Å². The van der Waals surface area contributed by atoms with Crippen LogP contribution in [0.3, 0.4) is 0 Å².